The lowest BCUT2D eigenvalue weighted by Crippen LogP contribution is -2.00. The van der Waals surface area contributed by atoms with Gasteiger partial charge in [0.05, 0.1) is 10.2 Å². The van der Waals surface area contributed by atoms with Crippen molar-refractivity contribution < 1.29 is 9.90 Å². The van der Waals surface area contributed by atoms with E-state index in [1.807, 2.05) is 30.3 Å². The molecule has 0 bridgehead atoms. The molecular formula is C14H10N2O2S2. The third-order valence-corrected chi connectivity index (χ3v) is 4.93. The lowest BCUT2D eigenvalue weighted by molar-refractivity contribution is 0.0690. The Labute approximate surface area is 123 Å². The molecule has 1 aromatic carbocycles. The second kappa shape index (κ2) is 5.60. The van der Waals surface area contributed by atoms with Crippen LogP contribution in [-0.4, -0.2) is 21.0 Å². The second-order valence-electron chi connectivity index (χ2n) is 4.09. The van der Waals surface area contributed by atoms with Crippen LogP contribution in [0.5, 0.6) is 0 Å². The SMILES string of the molecule is O=C(O)c1cc(CSc2nc3ccccc3s2)ccn1. The van der Waals surface area contributed by atoms with Gasteiger partial charge < -0.3 is 5.11 Å². The molecule has 0 amide bonds. The number of aromatic nitrogens is 2. The summed E-state index contributed by atoms with van der Waals surface area (Å²) >= 11 is 3.25. The van der Waals surface area contributed by atoms with Crippen molar-refractivity contribution in [1.29, 1.82) is 0 Å². The third-order valence-electron chi connectivity index (χ3n) is 2.68. The molecule has 0 saturated carbocycles. The summed E-state index contributed by atoms with van der Waals surface area (Å²) < 4.78 is 2.15. The highest BCUT2D eigenvalue weighted by atomic mass is 32.2. The number of carboxylic acid groups (broad SMARTS) is 1. The molecule has 20 heavy (non-hydrogen) atoms. The first-order valence-electron chi connectivity index (χ1n) is 5.89. The number of pyridine rings is 1. The molecule has 0 saturated heterocycles. The van der Waals surface area contributed by atoms with Gasteiger partial charge in [-0.1, -0.05) is 23.9 Å². The Bertz CT molecular complexity index is 737. The van der Waals surface area contributed by atoms with Crippen molar-refractivity contribution in [1.82, 2.24) is 9.97 Å². The molecule has 0 aliphatic carbocycles. The Morgan fingerprint density at radius 1 is 1.30 bits per heavy atom. The summed E-state index contributed by atoms with van der Waals surface area (Å²) in [5.74, 6) is -0.320. The van der Waals surface area contributed by atoms with Gasteiger partial charge in [0.15, 0.2) is 4.34 Å². The number of hydrogen-bond donors (Lipinski definition) is 1. The Balaban J connectivity index is 1.75. The molecule has 0 aliphatic rings. The Morgan fingerprint density at radius 3 is 2.95 bits per heavy atom. The minimum Gasteiger partial charge on any atom is -0.477 e. The number of rotatable bonds is 4. The number of hydrogen-bond acceptors (Lipinski definition) is 5. The van der Waals surface area contributed by atoms with Crippen molar-refractivity contribution in [2.45, 2.75) is 10.1 Å². The van der Waals surface area contributed by atoms with E-state index in [1.54, 1.807) is 29.2 Å². The van der Waals surface area contributed by atoms with Gasteiger partial charge in [-0.05, 0) is 29.8 Å². The molecule has 6 heteroatoms. The van der Waals surface area contributed by atoms with Crippen LogP contribution in [0.1, 0.15) is 16.1 Å². The van der Waals surface area contributed by atoms with Crippen LogP contribution in [0.25, 0.3) is 10.2 Å². The van der Waals surface area contributed by atoms with E-state index in [9.17, 15) is 4.79 Å². The van der Waals surface area contributed by atoms with Crippen molar-refractivity contribution >= 4 is 39.3 Å². The van der Waals surface area contributed by atoms with Gasteiger partial charge in [0, 0.05) is 11.9 Å². The summed E-state index contributed by atoms with van der Waals surface area (Å²) in [4.78, 5) is 19.2. The number of aromatic carboxylic acids is 1. The quantitative estimate of drug-likeness (QED) is 0.745. The van der Waals surface area contributed by atoms with Crippen LogP contribution in [0.2, 0.25) is 0 Å². The number of thiazole rings is 1. The van der Waals surface area contributed by atoms with Gasteiger partial charge in [-0.3, -0.25) is 0 Å². The van der Waals surface area contributed by atoms with E-state index in [0.29, 0.717) is 5.75 Å². The monoisotopic (exact) mass is 302 g/mol. The van der Waals surface area contributed by atoms with E-state index in [4.69, 9.17) is 5.11 Å². The number of carbonyl (C=O) groups is 1. The molecule has 0 spiro atoms. The van der Waals surface area contributed by atoms with E-state index in [2.05, 4.69) is 9.97 Å². The van der Waals surface area contributed by atoms with E-state index in [0.717, 1.165) is 20.1 Å². The Hall–Kier alpha value is -1.92. The first-order valence-corrected chi connectivity index (χ1v) is 7.69. The zero-order valence-corrected chi connectivity index (χ0v) is 11.9. The van der Waals surface area contributed by atoms with Crippen LogP contribution >= 0.6 is 23.1 Å². The fraction of sp³-hybridized carbons (Fsp3) is 0.0714. The predicted molar refractivity (Wildman–Crippen MR) is 80.4 cm³/mol. The van der Waals surface area contributed by atoms with Gasteiger partial charge in [-0.25, -0.2) is 14.8 Å². The van der Waals surface area contributed by atoms with Crippen LogP contribution in [0.15, 0.2) is 46.9 Å². The summed E-state index contributed by atoms with van der Waals surface area (Å²) in [6, 6.07) is 11.4. The average molecular weight is 302 g/mol. The van der Waals surface area contributed by atoms with Crippen molar-refractivity contribution in [2.24, 2.45) is 0 Å². The number of nitrogens with zero attached hydrogens (tertiary/aromatic N) is 2. The third kappa shape index (κ3) is 2.81. The molecule has 3 rings (SSSR count). The van der Waals surface area contributed by atoms with E-state index in [-0.39, 0.29) is 5.69 Å². The molecular weight excluding hydrogens is 292 g/mol. The molecule has 1 N–H and O–H groups in total. The van der Waals surface area contributed by atoms with E-state index < -0.39 is 5.97 Å². The fourth-order valence-corrected chi connectivity index (χ4v) is 3.75. The summed E-state index contributed by atoms with van der Waals surface area (Å²) in [5.41, 5.74) is 2.01. The molecule has 0 unspecified atom stereocenters. The highest BCUT2D eigenvalue weighted by Gasteiger charge is 2.07. The predicted octanol–water partition coefficient (Wildman–Crippen LogP) is 3.68. The molecule has 0 fully saturated rings. The smallest absolute Gasteiger partial charge is 0.354 e. The summed E-state index contributed by atoms with van der Waals surface area (Å²) in [5, 5.41) is 8.91. The minimum absolute atomic E-state index is 0.0763. The van der Waals surface area contributed by atoms with E-state index in [1.165, 1.54) is 6.20 Å². The van der Waals surface area contributed by atoms with Crippen LogP contribution < -0.4 is 0 Å². The van der Waals surface area contributed by atoms with Crippen LogP contribution in [0, 0.1) is 0 Å². The van der Waals surface area contributed by atoms with Gasteiger partial charge in [0.2, 0.25) is 0 Å². The van der Waals surface area contributed by atoms with E-state index >= 15 is 0 Å². The highest BCUT2D eigenvalue weighted by molar-refractivity contribution is 8.00. The topological polar surface area (TPSA) is 63.1 Å². The number of para-hydroxylation sites is 1. The number of thioether (sulfide) groups is 1. The molecule has 3 aromatic rings. The fourth-order valence-electron chi connectivity index (χ4n) is 1.74. The largest absolute Gasteiger partial charge is 0.477 e. The lowest BCUT2D eigenvalue weighted by Gasteiger charge is -2.00. The first-order chi connectivity index (χ1) is 9.72. The normalized spacial score (nSPS) is 10.8. The van der Waals surface area contributed by atoms with Gasteiger partial charge in [-0.15, -0.1) is 11.3 Å². The average Bonchev–Trinajstić information content (AvgIpc) is 2.88. The maximum atomic E-state index is 10.9. The Kier molecular flexibility index (Phi) is 3.66. The van der Waals surface area contributed by atoms with Crippen molar-refractivity contribution in [3.05, 3.63) is 53.9 Å². The molecule has 2 aromatic heterocycles. The molecule has 100 valence electrons. The second-order valence-corrected chi connectivity index (χ2v) is 6.34. The summed E-state index contributed by atoms with van der Waals surface area (Å²) in [6.07, 6.45) is 1.53. The number of benzene rings is 1. The van der Waals surface area contributed by atoms with Gasteiger partial charge in [-0.2, -0.15) is 0 Å². The summed E-state index contributed by atoms with van der Waals surface area (Å²) in [7, 11) is 0. The zero-order valence-electron chi connectivity index (χ0n) is 10.3. The van der Waals surface area contributed by atoms with Crippen molar-refractivity contribution in [2.75, 3.05) is 0 Å². The first kappa shape index (κ1) is 13.1. The highest BCUT2D eigenvalue weighted by Crippen LogP contribution is 2.31. The lowest BCUT2D eigenvalue weighted by atomic mass is 10.2. The van der Waals surface area contributed by atoms with Crippen LogP contribution in [0.4, 0.5) is 0 Å². The summed E-state index contributed by atoms with van der Waals surface area (Å²) in [6.45, 7) is 0. The molecule has 0 radical (unpaired) electrons. The van der Waals surface area contributed by atoms with Crippen LogP contribution in [-0.2, 0) is 5.75 Å². The van der Waals surface area contributed by atoms with Crippen LogP contribution in [0.3, 0.4) is 0 Å². The van der Waals surface area contributed by atoms with Crippen molar-refractivity contribution in [3.8, 4) is 0 Å². The van der Waals surface area contributed by atoms with Crippen molar-refractivity contribution in [3.63, 3.8) is 0 Å². The molecule has 2 heterocycles. The standard InChI is InChI=1S/C14H10N2O2S2/c17-13(18)11-7-9(5-6-15-11)8-19-14-16-10-3-1-2-4-12(10)20-14/h1-7H,8H2,(H,17,18). The maximum absolute atomic E-state index is 10.9. The zero-order chi connectivity index (χ0) is 13.9. The molecule has 0 atom stereocenters. The molecule has 4 nitrogen and oxygen atoms in total. The molecule has 0 aliphatic heterocycles. The number of carboxylic acids is 1. The van der Waals surface area contributed by atoms with Gasteiger partial charge in [0.1, 0.15) is 5.69 Å². The number of fused-ring (bicyclic) bond motifs is 1. The Morgan fingerprint density at radius 2 is 2.15 bits per heavy atom. The van der Waals surface area contributed by atoms with Gasteiger partial charge >= 0.3 is 5.97 Å². The van der Waals surface area contributed by atoms with Gasteiger partial charge in [0.25, 0.3) is 0 Å². The maximum Gasteiger partial charge on any atom is 0.354 e. The minimum atomic E-state index is -1.00.